The molecule has 0 aliphatic heterocycles. The fraction of sp³-hybridized carbons (Fsp3) is 0.100. The van der Waals surface area contributed by atoms with Gasteiger partial charge >= 0.3 is 6.18 Å². The van der Waals surface area contributed by atoms with E-state index in [1.807, 2.05) is 36.4 Å². The topological polar surface area (TPSA) is 30.7 Å². The molecule has 138 valence electrons. The number of hydrogen-bond acceptors (Lipinski definition) is 2. The van der Waals surface area contributed by atoms with Crippen molar-refractivity contribution in [3.05, 3.63) is 84.2 Å². The lowest BCUT2D eigenvalue weighted by Gasteiger charge is -2.09. The molecule has 0 unspecified atom stereocenters. The van der Waals surface area contributed by atoms with E-state index >= 15 is 0 Å². The number of fused-ring (bicyclic) bond motifs is 1. The Hall–Kier alpha value is -2.86. The number of pyridine rings is 1. The predicted octanol–water partition coefficient (Wildman–Crippen LogP) is 5.59. The van der Waals surface area contributed by atoms with Gasteiger partial charge < -0.3 is 0 Å². The van der Waals surface area contributed by atoms with Crippen LogP contribution in [0, 0.1) is 0 Å². The Bertz CT molecular complexity index is 1060. The van der Waals surface area contributed by atoms with Gasteiger partial charge in [0.2, 0.25) is 0 Å². The second kappa shape index (κ2) is 7.40. The van der Waals surface area contributed by atoms with Crippen LogP contribution >= 0.6 is 12.4 Å². The monoisotopic (exact) mass is 389 g/mol. The Labute approximate surface area is 159 Å². The van der Waals surface area contributed by atoms with Crippen LogP contribution in [0.2, 0.25) is 0 Å². The maximum absolute atomic E-state index is 13.0. The van der Waals surface area contributed by atoms with E-state index in [4.69, 9.17) is 0 Å². The third-order valence-electron chi connectivity index (χ3n) is 4.19. The second-order valence-corrected chi connectivity index (χ2v) is 5.99. The van der Waals surface area contributed by atoms with Gasteiger partial charge in [-0.15, -0.1) is 12.4 Å². The van der Waals surface area contributed by atoms with Crippen molar-refractivity contribution in [1.82, 2.24) is 14.8 Å². The van der Waals surface area contributed by atoms with E-state index in [1.54, 1.807) is 23.1 Å². The van der Waals surface area contributed by atoms with E-state index in [2.05, 4.69) is 10.1 Å². The van der Waals surface area contributed by atoms with Crippen LogP contribution in [-0.2, 0) is 12.7 Å². The maximum atomic E-state index is 13.0. The molecule has 3 nitrogen and oxygen atoms in total. The summed E-state index contributed by atoms with van der Waals surface area (Å²) in [7, 11) is 0. The molecule has 0 spiro atoms. The molecule has 0 saturated heterocycles. The first kappa shape index (κ1) is 18.9. The highest BCUT2D eigenvalue weighted by Gasteiger charge is 2.30. The van der Waals surface area contributed by atoms with Crippen molar-refractivity contribution >= 4 is 23.4 Å². The van der Waals surface area contributed by atoms with Crippen molar-refractivity contribution in [3.8, 4) is 11.1 Å². The van der Waals surface area contributed by atoms with Crippen LogP contribution in [0.5, 0.6) is 0 Å². The molecule has 0 atom stereocenters. The quantitative estimate of drug-likeness (QED) is 0.457. The lowest BCUT2D eigenvalue weighted by molar-refractivity contribution is -0.137. The zero-order valence-electron chi connectivity index (χ0n) is 14.0. The van der Waals surface area contributed by atoms with Gasteiger partial charge in [-0.1, -0.05) is 42.5 Å². The predicted molar refractivity (Wildman–Crippen MR) is 101 cm³/mol. The SMILES string of the molecule is Cl.FC(F)(F)c1cccc(-c2cnc3cnn(Cc4ccccc4)c3c2)c1. The smallest absolute Gasteiger partial charge is 0.259 e. The first-order valence-corrected chi connectivity index (χ1v) is 8.04. The lowest BCUT2D eigenvalue weighted by atomic mass is 10.0. The molecular weight excluding hydrogens is 375 g/mol. The Balaban J connectivity index is 0.00000210. The average Bonchev–Trinajstić information content (AvgIpc) is 3.04. The summed E-state index contributed by atoms with van der Waals surface area (Å²) in [5.41, 5.74) is 3.00. The maximum Gasteiger partial charge on any atom is 0.416 e. The van der Waals surface area contributed by atoms with Crippen LogP contribution in [0.3, 0.4) is 0 Å². The average molecular weight is 390 g/mol. The summed E-state index contributed by atoms with van der Waals surface area (Å²) < 4.78 is 40.7. The third kappa shape index (κ3) is 3.95. The van der Waals surface area contributed by atoms with E-state index in [-0.39, 0.29) is 12.4 Å². The Morgan fingerprint density at radius 1 is 0.852 bits per heavy atom. The fourth-order valence-electron chi connectivity index (χ4n) is 2.87. The summed E-state index contributed by atoms with van der Waals surface area (Å²) in [6, 6.07) is 16.9. The number of alkyl halides is 3. The molecule has 0 bridgehead atoms. The van der Waals surface area contributed by atoms with Gasteiger partial charge in [-0.3, -0.25) is 9.67 Å². The molecule has 0 radical (unpaired) electrons. The van der Waals surface area contributed by atoms with Gasteiger partial charge in [0.25, 0.3) is 0 Å². The fourth-order valence-corrected chi connectivity index (χ4v) is 2.87. The minimum absolute atomic E-state index is 0. The summed E-state index contributed by atoms with van der Waals surface area (Å²) in [6.07, 6.45) is -1.14. The van der Waals surface area contributed by atoms with Crippen LogP contribution in [0.25, 0.3) is 22.2 Å². The highest BCUT2D eigenvalue weighted by molar-refractivity contribution is 5.85. The van der Waals surface area contributed by atoms with E-state index in [0.29, 0.717) is 23.2 Å². The second-order valence-electron chi connectivity index (χ2n) is 5.99. The number of benzene rings is 2. The number of halogens is 4. The number of aromatic nitrogens is 3. The normalized spacial score (nSPS) is 11.4. The van der Waals surface area contributed by atoms with Gasteiger partial charge in [-0.25, -0.2) is 0 Å². The summed E-state index contributed by atoms with van der Waals surface area (Å²) in [6.45, 7) is 0.568. The van der Waals surface area contributed by atoms with Crippen molar-refractivity contribution in [2.75, 3.05) is 0 Å². The largest absolute Gasteiger partial charge is 0.416 e. The Morgan fingerprint density at radius 3 is 2.37 bits per heavy atom. The molecule has 2 aromatic heterocycles. The molecule has 0 saturated carbocycles. The Morgan fingerprint density at radius 2 is 1.63 bits per heavy atom. The number of nitrogens with zero attached hydrogens (tertiary/aromatic N) is 3. The van der Waals surface area contributed by atoms with Crippen molar-refractivity contribution in [2.45, 2.75) is 12.7 Å². The van der Waals surface area contributed by atoms with E-state index < -0.39 is 11.7 Å². The van der Waals surface area contributed by atoms with Crippen molar-refractivity contribution in [2.24, 2.45) is 0 Å². The molecule has 2 heterocycles. The molecular formula is C20H15ClF3N3. The third-order valence-corrected chi connectivity index (χ3v) is 4.19. The van der Waals surface area contributed by atoms with Gasteiger partial charge in [0.05, 0.1) is 23.8 Å². The van der Waals surface area contributed by atoms with E-state index in [0.717, 1.165) is 23.2 Å². The van der Waals surface area contributed by atoms with Crippen LogP contribution in [-0.4, -0.2) is 14.8 Å². The lowest BCUT2D eigenvalue weighted by Crippen LogP contribution is -2.04. The van der Waals surface area contributed by atoms with Gasteiger partial charge in [0, 0.05) is 11.8 Å². The van der Waals surface area contributed by atoms with E-state index in [9.17, 15) is 13.2 Å². The summed E-state index contributed by atoms with van der Waals surface area (Å²) in [5.74, 6) is 0. The molecule has 0 amide bonds. The molecule has 2 aromatic carbocycles. The molecule has 0 aliphatic carbocycles. The van der Waals surface area contributed by atoms with E-state index in [1.165, 1.54) is 6.07 Å². The standard InChI is InChI=1S/C20H14F3N3.ClH/c21-20(22,23)17-8-4-7-15(9-17)16-10-19-18(24-11-16)12-25-26(19)13-14-5-2-1-3-6-14;/h1-12H,13H2;1H. The zero-order chi connectivity index (χ0) is 18.1. The Kier molecular flexibility index (Phi) is 5.19. The first-order chi connectivity index (χ1) is 12.5. The van der Waals surface area contributed by atoms with Crippen LogP contribution in [0.15, 0.2) is 73.1 Å². The van der Waals surface area contributed by atoms with Crippen LogP contribution in [0.1, 0.15) is 11.1 Å². The first-order valence-electron chi connectivity index (χ1n) is 8.04. The van der Waals surface area contributed by atoms with Crippen molar-refractivity contribution in [3.63, 3.8) is 0 Å². The molecule has 0 N–H and O–H groups in total. The molecule has 4 aromatic rings. The van der Waals surface area contributed by atoms with Gasteiger partial charge in [0.15, 0.2) is 0 Å². The molecule has 0 aliphatic rings. The van der Waals surface area contributed by atoms with Gasteiger partial charge in [-0.05, 0) is 29.3 Å². The minimum atomic E-state index is -4.37. The highest BCUT2D eigenvalue weighted by atomic mass is 35.5. The molecule has 4 rings (SSSR count). The minimum Gasteiger partial charge on any atom is -0.259 e. The molecule has 27 heavy (non-hydrogen) atoms. The van der Waals surface area contributed by atoms with Crippen LogP contribution < -0.4 is 0 Å². The molecule has 7 heteroatoms. The summed E-state index contributed by atoms with van der Waals surface area (Å²) in [4.78, 5) is 4.35. The number of hydrogen-bond donors (Lipinski definition) is 0. The summed E-state index contributed by atoms with van der Waals surface area (Å²) in [5, 5.41) is 4.36. The highest BCUT2D eigenvalue weighted by Crippen LogP contribution is 2.32. The van der Waals surface area contributed by atoms with Crippen molar-refractivity contribution < 1.29 is 13.2 Å². The van der Waals surface area contributed by atoms with Crippen molar-refractivity contribution in [1.29, 1.82) is 0 Å². The van der Waals surface area contributed by atoms with Gasteiger partial charge in [0.1, 0.15) is 5.52 Å². The summed E-state index contributed by atoms with van der Waals surface area (Å²) >= 11 is 0. The molecule has 0 fully saturated rings. The zero-order valence-corrected chi connectivity index (χ0v) is 14.8. The van der Waals surface area contributed by atoms with Crippen LogP contribution in [0.4, 0.5) is 13.2 Å². The van der Waals surface area contributed by atoms with Gasteiger partial charge in [-0.2, -0.15) is 18.3 Å². The number of rotatable bonds is 3.